The first kappa shape index (κ1) is 20.6. The minimum atomic E-state index is -0.0938. The van der Waals surface area contributed by atoms with E-state index >= 15 is 0 Å². The maximum atomic E-state index is 13.0. The Morgan fingerprint density at radius 3 is 2.73 bits per heavy atom. The van der Waals surface area contributed by atoms with Crippen LogP contribution in [0.1, 0.15) is 58.8 Å². The molecule has 2 aliphatic heterocycles. The maximum absolute atomic E-state index is 13.0. The third kappa shape index (κ3) is 3.86. The molecule has 1 fully saturated rings. The van der Waals surface area contributed by atoms with Crippen molar-refractivity contribution in [2.45, 2.75) is 52.1 Å². The second kappa shape index (κ2) is 8.59. The molecule has 1 atom stereocenters. The molecule has 0 saturated carbocycles. The molecule has 0 spiro atoms. The summed E-state index contributed by atoms with van der Waals surface area (Å²) >= 11 is 0. The van der Waals surface area contributed by atoms with E-state index in [-0.39, 0.29) is 24.5 Å². The van der Waals surface area contributed by atoms with Gasteiger partial charge in [0.05, 0.1) is 11.6 Å². The molecule has 162 valence electrons. The number of piperidine rings is 1. The number of carbonyl (C=O) groups is 2. The molecule has 9 nitrogen and oxygen atoms in total. The van der Waals surface area contributed by atoms with Crippen LogP contribution in [0.25, 0.3) is 0 Å². The minimum absolute atomic E-state index is 0.0147. The van der Waals surface area contributed by atoms with E-state index in [0.717, 1.165) is 36.7 Å². The third-order valence-electron chi connectivity index (χ3n) is 6.00. The smallest absolute Gasteiger partial charge is 0.257 e. The molecule has 9 heteroatoms. The summed E-state index contributed by atoms with van der Waals surface area (Å²) in [6.45, 7) is 6.21. The van der Waals surface area contributed by atoms with E-state index in [4.69, 9.17) is 9.15 Å². The summed E-state index contributed by atoms with van der Waals surface area (Å²) in [6, 6.07) is 1.71. The minimum Gasteiger partial charge on any atom is -0.466 e. The lowest BCUT2D eigenvalue weighted by molar-refractivity contribution is -0.139. The molecule has 0 radical (unpaired) electrons. The van der Waals surface area contributed by atoms with Gasteiger partial charge in [-0.1, -0.05) is 0 Å². The van der Waals surface area contributed by atoms with Crippen molar-refractivity contribution < 1.29 is 18.7 Å². The third-order valence-corrected chi connectivity index (χ3v) is 6.00. The summed E-state index contributed by atoms with van der Waals surface area (Å²) in [5.41, 5.74) is 0.619. The van der Waals surface area contributed by atoms with Gasteiger partial charge in [-0.2, -0.15) is 0 Å². The van der Waals surface area contributed by atoms with E-state index in [1.54, 1.807) is 6.07 Å². The van der Waals surface area contributed by atoms with Gasteiger partial charge in [-0.3, -0.25) is 9.59 Å². The number of hydrogen-bond acceptors (Lipinski definition) is 6. The first-order chi connectivity index (χ1) is 14.5. The van der Waals surface area contributed by atoms with Gasteiger partial charge in [-0.15, -0.1) is 10.2 Å². The van der Waals surface area contributed by atoms with Crippen molar-refractivity contribution in [3.05, 3.63) is 34.8 Å². The Morgan fingerprint density at radius 2 is 2.00 bits per heavy atom. The van der Waals surface area contributed by atoms with Gasteiger partial charge >= 0.3 is 0 Å². The van der Waals surface area contributed by atoms with Crippen LogP contribution in [0, 0.1) is 13.8 Å². The van der Waals surface area contributed by atoms with Crippen molar-refractivity contribution in [2.24, 2.45) is 0 Å². The molecule has 30 heavy (non-hydrogen) atoms. The van der Waals surface area contributed by atoms with Gasteiger partial charge < -0.3 is 23.5 Å². The van der Waals surface area contributed by atoms with Crippen molar-refractivity contribution in [3.63, 3.8) is 0 Å². The number of nitrogens with zero attached hydrogens (tertiary/aromatic N) is 5. The first-order valence-electron chi connectivity index (χ1n) is 10.6. The van der Waals surface area contributed by atoms with Crippen LogP contribution in [-0.4, -0.2) is 69.7 Å². The van der Waals surface area contributed by atoms with Gasteiger partial charge in [-0.25, -0.2) is 0 Å². The largest absolute Gasteiger partial charge is 0.466 e. The van der Waals surface area contributed by atoms with Crippen LogP contribution >= 0.6 is 0 Å². The Bertz CT molecular complexity index is 934. The Morgan fingerprint density at radius 1 is 1.17 bits per heavy atom. The molecular weight excluding hydrogens is 386 g/mol. The summed E-state index contributed by atoms with van der Waals surface area (Å²) < 4.78 is 12.7. The maximum Gasteiger partial charge on any atom is 0.257 e. The zero-order valence-electron chi connectivity index (χ0n) is 17.9. The quantitative estimate of drug-likeness (QED) is 0.757. The number of likely N-dealkylation sites (tertiary alicyclic amines) is 1. The number of carbonyl (C=O) groups excluding carboxylic acids is 2. The van der Waals surface area contributed by atoms with Gasteiger partial charge in [0, 0.05) is 39.7 Å². The highest BCUT2D eigenvalue weighted by Crippen LogP contribution is 2.31. The standard InChI is InChI=1S/C21H29N5O4/c1-14-12-16(15(2)30-14)21(28)24-9-7-18-22-23-20(26(18)11-10-24)17-6-4-5-8-25(17)19(27)13-29-3/h12,17H,4-11,13H2,1-3H3. The van der Waals surface area contributed by atoms with Crippen LogP contribution in [0.3, 0.4) is 0 Å². The van der Waals surface area contributed by atoms with Gasteiger partial charge in [0.2, 0.25) is 5.91 Å². The lowest BCUT2D eigenvalue weighted by Crippen LogP contribution is -2.41. The summed E-state index contributed by atoms with van der Waals surface area (Å²) in [7, 11) is 1.54. The molecule has 2 aromatic rings. The van der Waals surface area contributed by atoms with Gasteiger partial charge in [0.1, 0.15) is 24.0 Å². The van der Waals surface area contributed by atoms with Gasteiger partial charge in [0.15, 0.2) is 5.82 Å². The number of ether oxygens (including phenoxy) is 1. The highest BCUT2D eigenvalue weighted by Gasteiger charge is 2.33. The Hall–Kier alpha value is -2.68. The molecular formula is C21H29N5O4. The van der Waals surface area contributed by atoms with E-state index in [0.29, 0.717) is 43.9 Å². The fourth-order valence-corrected chi connectivity index (χ4v) is 4.51. The number of amides is 2. The number of fused-ring (bicyclic) bond motifs is 1. The van der Waals surface area contributed by atoms with Crippen molar-refractivity contribution in [1.29, 1.82) is 0 Å². The topological polar surface area (TPSA) is 93.7 Å². The predicted octanol–water partition coefficient (Wildman–Crippen LogP) is 1.89. The number of aromatic nitrogens is 3. The number of methoxy groups -OCH3 is 1. The summed E-state index contributed by atoms with van der Waals surface area (Å²) in [5, 5.41) is 8.87. The highest BCUT2D eigenvalue weighted by atomic mass is 16.5. The molecule has 2 aliphatic rings. The predicted molar refractivity (Wildman–Crippen MR) is 108 cm³/mol. The molecule has 0 aromatic carbocycles. The Kier molecular flexibility index (Phi) is 5.90. The fourth-order valence-electron chi connectivity index (χ4n) is 4.51. The zero-order chi connectivity index (χ0) is 21.3. The highest BCUT2D eigenvalue weighted by molar-refractivity contribution is 5.95. The average Bonchev–Trinajstić information content (AvgIpc) is 3.22. The van der Waals surface area contributed by atoms with E-state index in [1.807, 2.05) is 23.6 Å². The van der Waals surface area contributed by atoms with Crippen molar-refractivity contribution in [1.82, 2.24) is 24.6 Å². The number of rotatable bonds is 4. The van der Waals surface area contributed by atoms with E-state index in [2.05, 4.69) is 14.8 Å². The lowest BCUT2D eigenvalue weighted by Gasteiger charge is -2.35. The molecule has 4 heterocycles. The van der Waals surface area contributed by atoms with Crippen molar-refractivity contribution >= 4 is 11.8 Å². The molecule has 1 saturated heterocycles. The summed E-state index contributed by atoms with van der Waals surface area (Å²) in [5.74, 6) is 3.04. The Balaban J connectivity index is 1.53. The van der Waals surface area contributed by atoms with Crippen LogP contribution in [0.2, 0.25) is 0 Å². The van der Waals surface area contributed by atoms with Crippen LogP contribution < -0.4 is 0 Å². The number of aryl methyl sites for hydroxylation is 2. The molecule has 4 rings (SSSR count). The van der Waals surface area contributed by atoms with Crippen LogP contribution in [0.15, 0.2) is 10.5 Å². The molecule has 1 unspecified atom stereocenters. The lowest BCUT2D eigenvalue weighted by atomic mass is 10.0. The van der Waals surface area contributed by atoms with Crippen molar-refractivity contribution in [3.8, 4) is 0 Å². The summed E-state index contributed by atoms with van der Waals surface area (Å²) in [6.07, 6.45) is 3.53. The molecule has 0 bridgehead atoms. The van der Waals surface area contributed by atoms with Gasteiger partial charge in [-0.05, 0) is 39.2 Å². The van der Waals surface area contributed by atoms with Crippen molar-refractivity contribution in [2.75, 3.05) is 33.4 Å². The molecule has 2 amide bonds. The number of hydrogen-bond donors (Lipinski definition) is 0. The second-order valence-electron chi connectivity index (χ2n) is 8.03. The van der Waals surface area contributed by atoms with Crippen LogP contribution in [-0.2, 0) is 22.5 Å². The Labute approximate surface area is 176 Å². The van der Waals surface area contributed by atoms with Crippen LogP contribution in [0.5, 0.6) is 0 Å². The molecule has 0 N–H and O–H groups in total. The zero-order valence-corrected chi connectivity index (χ0v) is 17.9. The first-order valence-corrected chi connectivity index (χ1v) is 10.6. The average molecular weight is 415 g/mol. The SMILES string of the molecule is COCC(=O)N1CCCCC1c1nnc2n1CCN(C(=O)c1cc(C)oc1C)CC2. The second-order valence-corrected chi connectivity index (χ2v) is 8.03. The normalized spacial score (nSPS) is 19.5. The van der Waals surface area contributed by atoms with E-state index in [9.17, 15) is 9.59 Å². The van der Waals surface area contributed by atoms with Crippen LogP contribution in [0.4, 0.5) is 0 Å². The monoisotopic (exact) mass is 415 g/mol. The number of furan rings is 1. The van der Waals surface area contributed by atoms with Gasteiger partial charge in [0.25, 0.3) is 5.91 Å². The fraction of sp³-hybridized carbons (Fsp3) is 0.619. The molecule has 0 aliphatic carbocycles. The van der Waals surface area contributed by atoms with E-state index in [1.165, 1.54) is 7.11 Å². The summed E-state index contributed by atoms with van der Waals surface area (Å²) in [4.78, 5) is 29.3. The van der Waals surface area contributed by atoms with E-state index < -0.39 is 0 Å². The molecule has 2 aromatic heterocycles.